The number of nitrogens with zero attached hydrogens (tertiary/aromatic N) is 7. The molecule has 0 bridgehead atoms. The SMILES string of the molecule is Cc1cc(C#N)cc(C(=O)NC(C)C)c1NC(=O)c1cc(Cn2cc(-c3ccc(C(F)(F)F)cc3)nn2)nn1-c1ncccc1Cl. The predicted molar refractivity (Wildman–Crippen MR) is 162 cm³/mol. The Hall–Kier alpha value is -5.55. The van der Waals surface area contributed by atoms with Crippen LogP contribution in [0.3, 0.4) is 0 Å². The maximum Gasteiger partial charge on any atom is 0.416 e. The van der Waals surface area contributed by atoms with Crippen LogP contribution in [0.5, 0.6) is 0 Å². The number of carbonyl (C=O) groups excluding carboxylic acids is 2. The fraction of sp³-hybridized carbons (Fsp3) is 0.194. The van der Waals surface area contributed by atoms with E-state index in [-0.39, 0.29) is 45.9 Å². The van der Waals surface area contributed by atoms with Gasteiger partial charge in [-0.15, -0.1) is 5.10 Å². The van der Waals surface area contributed by atoms with Crippen molar-refractivity contribution in [3.05, 3.63) is 106 Å². The summed E-state index contributed by atoms with van der Waals surface area (Å²) in [6.07, 6.45) is -1.44. The molecule has 0 saturated heterocycles. The molecule has 2 aromatic carbocycles. The number of aryl methyl sites for hydroxylation is 1. The number of halogens is 4. The Balaban J connectivity index is 1.48. The summed E-state index contributed by atoms with van der Waals surface area (Å²) in [5, 5.41) is 27.9. The first-order valence-corrected chi connectivity index (χ1v) is 14.2. The van der Waals surface area contributed by atoms with Gasteiger partial charge in [-0.05, 0) is 68.8 Å². The van der Waals surface area contributed by atoms with Crippen molar-refractivity contribution in [2.45, 2.75) is 39.5 Å². The van der Waals surface area contributed by atoms with Gasteiger partial charge in [0.2, 0.25) is 0 Å². The minimum atomic E-state index is -4.46. The number of alkyl halides is 3. The zero-order valence-electron chi connectivity index (χ0n) is 24.6. The first-order chi connectivity index (χ1) is 21.8. The molecule has 0 unspecified atom stereocenters. The van der Waals surface area contributed by atoms with Crippen LogP contribution in [-0.2, 0) is 12.7 Å². The van der Waals surface area contributed by atoms with E-state index in [1.54, 1.807) is 39.0 Å². The van der Waals surface area contributed by atoms with Crippen LogP contribution in [0, 0.1) is 18.3 Å². The van der Waals surface area contributed by atoms with Crippen LogP contribution in [0.4, 0.5) is 18.9 Å². The van der Waals surface area contributed by atoms with E-state index in [4.69, 9.17) is 11.6 Å². The molecule has 234 valence electrons. The number of nitriles is 1. The van der Waals surface area contributed by atoms with Crippen LogP contribution in [0.25, 0.3) is 17.1 Å². The van der Waals surface area contributed by atoms with Crippen LogP contribution in [0.15, 0.2) is 67.0 Å². The maximum atomic E-state index is 13.8. The Bertz CT molecular complexity index is 1980. The Kier molecular flexibility index (Phi) is 8.88. The smallest absolute Gasteiger partial charge is 0.350 e. The van der Waals surface area contributed by atoms with E-state index < -0.39 is 23.6 Å². The van der Waals surface area contributed by atoms with Gasteiger partial charge in [0.05, 0.1) is 51.9 Å². The van der Waals surface area contributed by atoms with Crippen molar-refractivity contribution < 1.29 is 22.8 Å². The molecule has 11 nitrogen and oxygen atoms in total. The summed E-state index contributed by atoms with van der Waals surface area (Å²) in [5.74, 6) is -0.947. The average Bonchev–Trinajstić information content (AvgIpc) is 3.65. The quantitative estimate of drug-likeness (QED) is 0.216. The highest BCUT2D eigenvalue weighted by Crippen LogP contribution is 2.31. The van der Waals surface area contributed by atoms with Gasteiger partial charge < -0.3 is 10.6 Å². The van der Waals surface area contributed by atoms with Crippen LogP contribution < -0.4 is 10.6 Å². The molecule has 0 aliphatic rings. The number of carbonyl (C=O) groups is 2. The van der Waals surface area contributed by atoms with Crippen molar-refractivity contribution >= 4 is 29.1 Å². The van der Waals surface area contributed by atoms with Crippen molar-refractivity contribution in [3.63, 3.8) is 0 Å². The molecule has 0 aliphatic carbocycles. The summed E-state index contributed by atoms with van der Waals surface area (Å²) in [6.45, 7) is 5.27. The summed E-state index contributed by atoms with van der Waals surface area (Å²) in [6, 6.07) is 14.0. The topological polar surface area (TPSA) is 143 Å². The fourth-order valence-electron chi connectivity index (χ4n) is 4.58. The monoisotopic (exact) mass is 647 g/mol. The number of aromatic nitrogens is 6. The molecule has 3 heterocycles. The van der Waals surface area contributed by atoms with E-state index >= 15 is 0 Å². The standard InChI is InChI=1S/C31H25ClF3N9O2/c1-17(2)38-29(45)23-12-19(14-36)11-18(3)27(23)39-30(46)26-13-22(41-44(26)28-24(32)5-4-10-37-28)15-43-16-25(40-42-43)20-6-8-21(9-7-20)31(33,34)35/h4-13,16-17H,15H2,1-3H3,(H,38,45)(H,39,46). The number of hydrogen-bond donors (Lipinski definition) is 2. The summed E-state index contributed by atoms with van der Waals surface area (Å²) >= 11 is 6.41. The number of rotatable bonds is 8. The van der Waals surface area contributed by atoms with Crippen molar-refractivity contribution in [1.29, 1.82) is 5.26 Å². The van der Waals surface area contributed by atoms with Crippen LogP contribution in [0.2, 0.25) is 5.02 Å². The van der Waals surface area contributed by atoms with E-state index in [9.17, 15) is 28.0 Å². The number of amides is 2. The first-order valence-electron chi connectivity index (χ1n) is 13.8. The molecule has 0 aliphatic heterocycles. The second-order valence-corrected chi connectivity index (χ2v) is 10.9. The molecule has 0 radical (unpaired) electrons. The minimum Gasteiger partial charge on any atom is -0.350 e. The Morgan fingerprint density at radius 1 is 1.09 bits per heavy atom. The summed E-state index contributed by atoms with van der Waals surface area (Å²) < 4.78 is 41.6. The second-order valence-electron chi connectivity index (χ2n) is 10.5. The van der Waals surface area contributed by atoms with Crippen molar-refractivity contribution in [2.75, 3.05) is 5.32 Å². The Morgan fingerprint density at radius 2 is 1.83 bits per heavy atom. The van der Waals surface area contributed by atoms with E-state index in [0.717, 1.165) is 12.1 Å². The normalized spacial score (nSPS) is 11.4. The van der Waals surface area contributed by atoms with Gasteiger partial charge in [0, 0.05) is 17.8 Å². The summed E-state index contributed by atoms with van der Waals surface area (Å²) in [7, 11) is 0. The lowest BCUT2D eigenvalue weighted by molar-refractivity contribution is -0.137. The number of anilines is 1. The van der Waals surface area contributed by atoms with E-state index in [1.165, 1.54) is 46.0 Å². The van der Waals surface area contributed by atoms with Gasteiger partial charge in [-0.1, -0.05) is 28.9 Å². The zero-order chi connectivity index (χ0) is 33.2. The predicted octanol–water partition coefficient (Wildman–Crippen LogP) is 5.82. The fourth-order valence-corrected chi connectivity index (χ4v) is 4.78. The van der Waals surface area contributed by atoms with Crippen LogP contribution >= 0.6 is 11.6 Å². The first kappa shape index (κ1) is 31.9. The number of nitrogens with one attached hydrogen (secondary N) is 2. The van der Waals surface area contributed by atoms with Crippen molar-refractivity contribution in [1.82, 2.24) is 35.1 Å². The van der Waals surface area contributed by atoms with E-state index in [2.05, 4.69) is 31.0 Å². The molecule has 5 rings (SSSR count). The molecule has 3 aromatic heterocycles. The average molecular weight is 648 g/mol. The lowest BCUT2D eigenvalue weighted by Gasteiger charge is -2.16. The van der Waals surface area contributed by atoms with E-state index in [1.807, 2.05) is 6.07 Å². The minimum absolute atomic E-state index is 0.0256. The summed E-state index contributed by atoms with van der Waals surface area (Å²) in [5.41, 5.74) is 1.42. The highest BCUT2D eigenvalue weighted by Gasteiger charge is 2.30. The largest absolute Gasteiger partial charge is 0.416 e. The molecule has 15 heteroatoms. The second kappa shape index (κ2) is 12.8. The third-order valence-corrected chi connectivity index (χ3v) is 6.97. The van der Waals surface area contributed by atoms with Crippen molar-refractivity contribution in [2.24, 2.45) is 0 Å². The molecular formula is C31H25ClF3N9O2. The number of benzene rings is 2. The number of pyridine rings is 1. The molecule has 5 aromatic rings. The van der Waals surface area contributed by atoms with Gasteiger partial charge in [0.15, 0.2) is 5.82 Å². The summed E-state index contributed by atoms with van der Waals surface area (Å²) in [4.78, 5) is 31.1. The number of hydrogen-bond acceptors (Lipinski definition) is 7. The maximum absolute atomic E-state index is 13.8. The van der Waals surface area contributed by atoms with Crippen LogP contribution in [0.1, 0.15) is 57.1 Å². The van der Waals surface area contributed by atoms with E-state index in [0.29, 0.717) is 22.5 Å². The zero-order valence-corrected chi connectivity index (χ0v) is 25.4. The van der Waals surface area contributed by atoms with Gasteiger partial charge in [-0.25, -0.2) is 14.3 Å². The molecule has 2 N–H and O–H groups in total. The lowest BCUT2D eigenvalue weighted by atomic mass is 10.0. The van der Waals surface area contributed by atoms with Gasteiger partial charge in [0.1, 0.15) is 11.4 Å². The van der Waals surface area contributed by atoms with Gasteiger partial charge in [0.25, 0.3) is 11.8 Å². The molecule has 0 spiro atoms. The highest BCUT2D eigenvalue weighted by atomic mass is 35.5. The Labute approximate surface area is 265 Å². The third-order valence-electron chi connectivity index (χ3n) is 6.67. The van der Waals surface area contributed by atoms with Crippen molar-refractivity contribution in [3.8, 4) is 23.1 Å². The third kappa shape index (κ3) is 6.89. The van der Waals surface area contributed by atoms with Gasteiger partial charge in [-0.2, -0.15) is 23.5 Å². The molecule has 0 fully saturated rings. The Morgan fingerprint density at radius 3 is 2.48 bits per heavy atom. The van der Waals surface area contributed by atoms with Crippen LogP contribution in [-0.4, -0.2) is 47.6 Å². The van der Waals surface area contributed by atoms with Gasteiger partial charge >= 0.3 is 6.18 Å². The molecule has 0 atom stereocenters. The molecule has 0 saturated carbocycles. The highest BCUT2D eigenvalue weighted by molar-refractivity contribution is 6.32. The molecular weight excluding hydrogens is 623 g/mol. The molecule has 46 heavy (non-hydrogen) atoms. The lowest BCUT2D eigenvalue weighted by Crippen LogP contribution is -2.31. The van der Waals surface area contributed by atoms with Gasteiger partial charge in [-0.3, -0.25) is 9.59 Å². The molecule has 2 amide bonds.